The molecule has 1 amide bonds. The molecule has 0 bridgehead atoms. The highest BCUT2D eigenvalue weighted by atomic mass is 79.9. The van der Waals surface area contributed by atoms with Crippen LogP contribution in [0.5, 0.6) is 0 Å². The number of nitrogens with one attached hydrogen (secondary N) is 1. The van der Waals surface area contributed by atoms with Gasteiger partial charge in [-0.25, -0.2) is 4.98 Å². The van der Waals surface area contributed by atoms with Crippen molar-refractivity contribution in [2.24, 2.45) is 0 Å². The zero-order chi connectivity index (χ0) is 14.8. The van der Waals surface area contributed by atoms with E-state index in [1.54, 1.807) is 12.3 Å². The third kappa shape index (κ3) is 3.31. The zero-order valence-corrected chi connectivity index (χ0v) is 14.0. The smallest absolute Gasteiger partial charge is 0.256 e. The van der Waals surface area contributed by atoms with Crippen LogP contribution in [0.3, 0.4) is 0 Å². The van der Waals surface area contributed by atoms with Gasteiger partial charge in [0.1, 0.15) is 5.82 Å². The van der Waals surface area contributed by atoms with Crippen LogP contribution in [-0.2, 0) is 0 Å². The number of carbonyl (C=O) groups excluding carboxylic acids is 1. The van der Waals surface area contributed by atoms with Gasteiger partial charge in [-0.15, -0.1) is 0 Å². The average molecular weight is 406 g/mol. The average Bonchev–Trinajstić information content (AvgIpc) is 2.49. The molecule has 3 nitrogen and oxygen atoms in total. The van der Waals surface area contributed by atoms with E-state index in [0.717, 1.165) is 19.7 Å². The van der Waals surface area contributed by atoms with Crippen LogP contribution in [0.15, 0.2) is 63.7 Å². The first-order valence-electron chi connectivity index (χ1n) is 6.24. The lowest BCUT2D eigenvalue weighted by Crippen LogP contribution is -2.12. The molecule has 0 fully saturated rings. The van der Waals surface area contributed by atoms with E-state index in [2.05, 4.69) is 42.2 Å². The minimum atomic E-state index is -0.172. The van der Waals surface area contributed by atoms with Gasteiger partial charge >= 0.3 is 0 Å². The summed E-state index contributed by atoms with van der Waals surface area (Å²) >= 11 is 6.75. The van der Waals surface area contributed by atoms with Gasteiger partial charge in [0, 0.05) is 20.7 Å². The lowest BCUT2D eigenvalue weighted by molar-refractivity contribution is 0.102. The Bertz CT molecular complexity index is 816. The summed E-state index contributed by atoms with van der Waals surface area (Å²) in [5.74, 6) is 0.355. The van der Waals surface area contributed by atoms with Crippen LogP contribution >= 0.6 is 31.9 Å². The Morgan fingerprint density at radius 1 is 0.905 bits per heavy atom. The summed E-state index contributed by atoms with van der Waals surface area (Å²) in [6.45, 7) is 0. The van der Waals surface area contributed by atoms with Crippen LogP contribution in [0.2, 0.25) is 0 Å². The van der Waals surface area contributed by atoms with Crippen molar-refractivity contribution in [2.75, 3.05) is 5.32 Å². The normalized spacial score (nSPS) is 10.6. The molecular formula is C16H10Br2N2O. The number of hydrogen-bond acceptors (Lipinski definition) is 2. The van der Waals surface area contributed by atoms with Crippen LogP contribution in [-0.4, -0.2) is 10.9 Å². The van der Waals surface area contributed by atoms with Crippen LogP contribution < -0.4 is 5.32 Å². The van der Waals surface area contributed by atoms with E-state index >= 15 is 0 Å². The predicted molar refractivity (Wildman–Crippen MR) is 91.5 cm³/mol. The topological polar surface area (TPSA) is 42.0 Å². The van der Waals surface area contributed by atoms with Crippen molar-refractivity contribution in [3.05, 3.63) is 69.2 Å². The van der Waals surface area contributed by atoms with Crippen molar-refractivity contribution in [1.82, 2.24) is 4.98 Å². The fourth-order valence-corrected chi connectivity index (χ4v) is 2.61. The molecule has 0 radical (unpaired) electrons. The first kappa shape index (κ1) is 14.2. The molecule has 1 aromatic heterocycles. The first-order valence-corrected chi connectivity index (χ1v) is 7.83. The van der Waals surface area contributed by atoms with Gasteiger partial charge in [0.25, 0.3) is 5.91 Å². The van der Waals surface area contributed by atoms with Crippen molar-refractivity contribution >= 4 is 54.4 Å². The summed E-state index contributed by atoms with van der Waals surface area (Å²) in [6, 6.07) is 15.2. The molecule has 0 unspecified atom stereocenters. The Labute approximate surface area is 138 Å². The van der Waals surface area contributed by atoms with Gasteiger partial charge < -0.3 is 5.32 Å². The maximum Gasteiger partial charge on any atom is 0.256 e. The summed E-state index contributed by atoms with van der Waals surface area (Å²) in [6.07, 6.45) is 1.65. The van der Waals surface area contributed by atoms with Gasteiger partial charge in [0.05, 0.1) is 0 Å². The van der Waals surface area contributed by atoms with E-state index in [0.29, 0.717) is 11.4 Å². The molecule has 0 aliphatic carbocycles. The molecule has 3 aromatic rings. The first-order chi connectivity index (χ1) is 10.1. The maximum absolute atomic E-state index is 12.2. The number of nitrogens with zero attached hydrogens (tertiary/aromatic N) is 1. The lowest BCUT2D eigenvalue weighted by atomic mass is 10.1. The third-order valence-electron chi connectivity index (χ3n) is 3.03. The molecule has 5 heteroatoms. The van der Waals surface area contributed by atoms with Gasteiger partial charge in [-0.3, -0.25) is 4.79 Å². The molecule has 1 N–H and O–H groups in total. The quantitative estimate of drug-likeness (QED) is 0.650. The van der Waals surface area contributed by atoms with E-state index in [1.807, 2.05) is 42.5 Å². The zero-order valence-electron chi connectivity index (χ0n) is 10.8. The van der Waals surface area contributed by atoms with Crippen molar-refractivity contribution in [3.63, 3.8) is 0 Å². The number of hydrogen-bond donors (Lipinski definition) is 1. The molecule has 0 aliphatic rings. The second-order valence-electron chi connectivity index (χ2n) is 4.52. The Morgan fingerprint density at radius 3 is 2.38 bits per heavy atom. The highest BCUT2D eigenvalue weighted by Crippen LogP contribution is 2.21. The standard InChI is InChI=1S/C16H10Br2N2O/c17-13-4-3-10-7-12(2-1-11(10)8-13)16(21)20-15-6-5-14(18)9-19-15/h1-9H,(H,19,20,21). The molecule has 0 saturated heterocycles. The fourth-order valence-electron chi connectivity index (χ4n) is 2.00. The van der Waals surface area contributed by atoms with Crippen LogP contribution in [0.25, 0.3) is 10.8 Å². The van der Waals surface area contributed by atoms with Crippen LogP contribution in [0.1, 0.15) is 10.4 Å². The number of rotatable bonds is 2. The SMILES string of the molecule is O=C(Nc1ccc(Br)cn1)c1ccc2cc(Br)ccc2c1. The highest BCUT2D eigenvalue weighted by Gasteiger charge is 2.07. The van der Waals surface area contributed by atoms with E-state index in [4.69, 9.17) is 0 Å². The molecule has 2 aromatic carbocycles. The van der Waals surface area contributed by atoms with Gasteiger partial charge in [-0.1, -0.05) is 28.1 Å². The number of benzene rings is 2. The fraction of sp³-hybridized carbons (Fsp3) is 0. The second-order valence-corrected chi connectivity index (χ2v) is 6.35. The Hall–Kier alpha value is -1.72. The van der Waals surface area contributed by atoms with E-state index < -0.39 is 0 Å². The van der Waals surface area contributed by atoms with Crippen molar-refractivity contribution in [3.8, 4) is 0 Å². The largest absolute Gasteiger partial charge is 0.307 e. The molecule has 21 heavy (non-hydrogen) atoms. The number of anilines is 1. The van der Waals surface area contributed by atoms with E-state index in [9.17, 15) is 4.79 Å². The monoisotopic (exact) mass is 404 g/mol. The molecule has 0 spiro atoms. The van der Waals surface area contributed by atoms with Gasteiger partial charge in [0.2, 0.25) is 0 Å². The summed E-state index contributed by atoms with van der Waals surface area (Å²) in [4.78, 5) is 16.4. The molecule has 0 atom stereocenters. The Kier molecular flexibility index (Phi) is 4.03. The summed E-state index contributed by atoms with van der Waals surface area (Å²) in [5, 5.41) is 4.89. The van der Waals surface area contributed by atoms with Crippen molar-refractivity contribution in [1.29, 1.82) is 0 Å². The second kappa shape index (κ2) is 5.95. The predicted octanol–water partition coefficient (Wildman–Crippen LogP) is 5.01. The van der Waals surface area contributed by atoms with Gasteiger partial charge in [-0.2, -0.15) is 0 Å². The van der Waals surface area contributed by atoms with Gasteiger partial charge in [-0.05, 0) is 63.1 Å². The minimum Gasteiger partial charge on any atom is -0.307 e. The molecule has 104 valence electrons. The molecule has 0 aliphatic heterocycles. The number of amides is 1. The minimum absolute atomic E-state index is 0.172. The highest BCUT2D eigenvalue weighted by molar-refractivity contribution is 9.10. The van der Waals surface area contributed by atoms with E-state index in [1.165, 1.54) is 0 Å². The van der Waals surface area contributed by atoms with Crippen molar-refractivity contribution in [2.45, 2.75) is 0 Å². The molecule has 0 saturated carbocycles. The van der Waals surface area contributed by atoms with Gasteiger partial charge in [0.15, 0.2) is 0 Å². The molecular weight excluding hydrogens is 396 g/mol. The number of pyridine rings is 1. The van der Waals surface area contributed by atoms with E-state index in [-0.39, 0.29) is 5.91 Å². The number of aromatic nitrogens is 1. The molecule has 1 heterocycles. The number of carbonyl (C=O) groups is 1. The summed E-state index contributed by atoms with van der Waals surface area (Å²) < 4.78 is 1.89. The maximum atomic E-state index is 12.2. The Balaban J connectivity index is 1.87. The molecule has 3 rings (SSSR count). The van der Waals surface area contributed by atoms with Crippen LogP contribution in [0, 0.1) is 0 Å². The Morgan fingerprint density at radius 2 is 1.62 bits per heavy atom. The summed E-state index contributed by atoms with van der Waals surface area (Å²) in [7, 11) is 0. The lowest BCUT2D eigenvalue weighted by Gasteiger charge is -2.06. The number of fused-ring (bicyclic) bond motifs is 1. The summed E-state index contributed by atoms with van der Waals surface area (Å²) in [5.41, 5.74) is 0.606. The number of halogens is 2. The van der Waals surface area contributed by atoms with Crippen molar-refractivity contribution < 1.29 is 4.79 Å². The van der Waals surface area contributed by atoms with Crippen LogP contribution in [0.4, 0.5) is 5.82 Å². The third-order valence-corrected chi connectivity index (χ3v) is 4.00.